The van der Waals surface area contributed by atoms with Crippen molar-refractivity contribution < 1.29 is 178 Å². The van der Waals surface area contributed by atoms with Gasteiger partial charge in [-0.1, -0.05) is 48.3 Å². The van der Waals surface area contributed by atoms with E-state index in [1.165, 1.54) is 6.08 Å². The van der Waals surface area contributed by atoms with Gasteiger partial charge in [0, 0.05) is 4.53 Å². The van der Waals surface area contributed by atoms with Gasteiger partial charge in [-0.15, -0.1) is 76.4 Å². The van der Waals surface area contributed by atoms with Gasteiger partial charge in [0.25, 0.3) is 0 Å². The van der Waals surface area contributed by atoms with Crippen molar-refractivity contribution in [3.05, 3.63) is 38.2 Å². The van der Waals surface area contributed by atoms with Crippen molar-refractivity contribution in [1.29, 1.82) is 0 Å². The quantitative estimate of drug-likeness (QED) is 0.0162. The molecule has 0 fully saturated rings. The summed E-state index contributed by atoms with van der Waals surface area (Å²) in [5, 5.41) is -3.55. The molecule has 0 rings (SSSR count). The minimum Gasteiger partial charge on any atom is -0.378 e. The van der Waals surface area contributed by atoms with E-state index >= 15 is 0 Å². The van der Waals surface area contributed by atoms with Gasteiger partial charge in [0.1, 0.15) is 76.8 Å². The summed E-state index contributed by atoms with van der Waals surface area (Å²) in [5.74, 6) is 4.71. The third kappa shape index (κ3) is 139. The fourth-order valence-corrected chi connectivity index (χ4v) is 5.20. The van der Waals surface area contributed by atoms with Crippen LogP contribution in [0.1, 0.15) is 0 Å². The molecule has 0 bridgehead atoms. The van der Waals surface area contributed by atoms with Crippen LogP contribution in [0.2, 0.25) is 0 Å². The second-order valence-corrected chi connectivity index (χ2v) is 24.6. The molecule has 0 aromatic rings. The largest absolute Gasteiger partial charge is 0.410 e. The van der Waals surface area contributed by atoms with Crippen LogP contribution in [0.25, 0.3) is 0 Å². The summed E-state index contributed by atoms with van der Waals surface area (Å²) in [4.78, 5) is 2.81. The van der Waals surface area contributed by atoms with Gasteiger partial charge in [-0.3, -0.25) is 0 Å². The van der Waals surface area contributed by atoms with E-state index in [9.17, 15) is 121 Å². The van der Waals surface area contributed by atoms with Gasteiger partial charge >= 0.3 is 88.0 Å². The highest BCUT2D eigenvalue weighted by Gasteiger charge is 2.49. The molecular formula is C42H63F13O28S8. The molecule has 0 N–H and O–H groups in total. The molecule has 1 unspecified atom stereocenters. The van der Waals surface area contributed by atoms with Crippen molar-refractivity contribution in [3.63, 3.8) is 0 Å². The highest BCUT2D eigenvalue weighted by Crippen LogP contribution is 2.27. The average Bonchev–Trinajstić information content (AvgIpc) is 3.39. The molecule has 0 amide bonds. The number of hydrogen-bond acceptors (Lipinski definition) is 28. The Morgan fingerprint density at radius 2 is 0.626 bits per heavy atom. The Morgan fingerprint density at radius 3 is 0.879 bits per heavy atom. The first-order valence-corrected chi connectivity index (χ1v) is 34.5. The second kappa shape index (κ2) is 65.1. The summed E-state index contributed by atoms with van der Waals surface area (Å²) in [6.07, 6.45) is 22.1. The standard InChI is InChI=1S/C7H13FO4S.C7H11FO4S.C5H9FO4S.C5H7FO4S.C5H7FO3S.2C4H5FO3S.C3H3F5O2S.C2H3FO/c2*1-2-3-11-4-5-12-6-7-13(8,9)10;2*1-2-3-9-4-10-5-11(6,7)8;1-2-3-9-4-5-10(6,7)8;2*1-2-3-8-4-9(5,6)7;4-1-2(3(5,6)7)11(8,9)10;1-2-4-3/h2H,1,3-7H2;1H,3-7H2;2H,1,3-5H2;1H,3-5H2;1H,3-5H2;2*1H,3-4H2;2H,1H2;2H,1H2. The van der Waals surface area contributed by atoms with Crippen molar-refractivity contribution in [1.82, 2.24) is 0 Å². The predicted octanol–water partition coefficient (Wildman–Crippen LogP) is 2.68. The molecule has 49 heteroatoms. The molecule has 0 aromatic heterocycles. The lowest BCUT2D eigenvalue weighted by Gasteiger charge is -2.11. The third-order valence-electron chi connectivity index (χ3n) is 5.69. The molecule has 0 aromatic carbocycles. The summed E-state index contributed by atoms with van der Waals surface area (Å²) in [5.41, 5.74) is 0. The van der Waals surface area contributed by atoms with Crippen LogP contribution in [0.4, 0.5) is 53.2 Å². The van der Waals surface area contributed by atoms with E-state index in [2.05, 4.69) is 88.4 Å². The highest BCUT2D eigenvalue weighted by atomic mass is 32.3. The maximum atomic E-state index is 11.9. The first-order valence-electron chi connectivity index (χ1n) is 22.2. The summed E-state index contributed by atoms with van der Waals surface area (Å²) in [6, 6.07) is 0. The van der Waals surface area contributed by atoms with Crippen molar-refractivity contribution in [3.8, 4) is 61.7 Å². The molecule has 1 atom stereocenters. The SMILES string of the molecule is C#CCOCCOCCS(=O)(=O)F.C#CCOCCS(=O)(=O)F.C#CCOCOCS(=O)(=O)F.C#CCOCS(=O)(=O)F.C#CCOCS(=O)(=O)F.C=CCOCCOCCS(=O)(=O)F.C=CCOCOCS(=O)(=O)F.C=COF.O=S(=O)(F)C(CF)C(F)(F)F. The minimum absolute atomic E-state index is 0.00628. The zero-order valence-corrected chi connectivity index (χ0v) is 53.4. The number of terminal acetylenes is 5. The number of rotatable bonds is 39. The van der Waals surface area contributed by atoms with Crippen LogP contribution in [-0.2, 0) is 139 Å². The Kier molecular flexibility index (Phi) is 75.1. The van der Waals surface area contributed by atoms with Gasteiger partial charge in [0.2, 0.25) is 5.25 Å². The topological polar surface area (TPSA) is 384 Å². The average molecular weight is 1520 g/mol. The third-order valence-corrected chi connectivity index (χ3v) is 10.5. The molecule has 0 radical (unpaired) electrons. The molecule has 0 aliphatic carbocycles. The second-order valence-electron chi connectivity index (χ2n) is 13.3. The van der Waals surface area contributed by atoms with Gasteiger partial charge in [0.15, 0.2) is 23.8 Å². The molecule has 0 aliphatic heterocycles. The normalized spacial score (nSPS) is 11.4. The molecule has 0 saturated carbocycles. The van der Waals surface area contributed by atoms with E-state index in [0.29, 0.717) is 19.5 Å². The molecule has 91 heavy (non-hydrogen) atoms. The Labute approximate surface area is 521 Å². The lowest BCUT2D eigenvalue weighted by molar-refractivity contribution is -0.133. The van der Waals surface area contributed by atoms with E-state index in [4.69, 9.17) is 38.2 Å². The first kappa shape index (κ1) is 105. The summed E-state index contributed by atoms with van der Waals surface area (Å²) in [6.45, 7) is 7.82. The van der Waals surface area contributed by atoms with E-state index in [1.807, 2.05) is 11.8 Å². The maximum absolute atomic E-state index is 11.9. The van der Waals surface area contributed by atoms with Crippen LogP contribution in [0.5, 0.6) is 0 Å². The minimum atomic E-state index is -5.87. The maximum Gasteiger partial charge on any atom is 0.410 e. The smallest absolute Gasteiger partial charge is 0.378 e. The van der Waals surface area contributed by atoms with E-state index in [-0.39, 0.29) is 92.9 Å². The lowest BCUT2D eigenvalue weighted by Crippen LogP contribution is -2.36. The van der Waals surface area contributed by atoms with Gasteiger partial charge in [-0.05, 0) is 0 Å². The predicted molar refractivity (Wildman–Crippen MR) is 297 cm³/mol. The lowest BCUT2D eigenvalue weighted by atomic mass is 10.4. The Morgan fingerprint density at radius 1 is 0.374 bits per heavy atom. The fraction of sp³-hybridized carbons (Fsp3) is 0.619. The van der Waals surface area contributed by atoms with Gasteiger partial charge < -0.3 is 57.0 Å². The summed E-state index contributed by atoms with van der Waals surface area (Å²) in [7, 11) is -37.2. The van der Waals surface area contributed by atoms with Crippen LogP contribution in [0.15, 0.2) is 38.2 Å². The van der Waals surface area contributed by atoms with Crippen LogP contribution in [-0.4, -0.2) is 233 Å². The summed E-state index contributed by atoms with van der Waals surface area (Å²) >= 11 is 0. The monoisotopic (exact) mass is 1520 g/mol. The van der Waals surface area contributed by atoms with Crippen LogP contribution < -0.4 is 0 Å². The van der Waals surface area contributed by atoms with Crippen LogP contribution in [0.3, 0.4) is 0 Å². The molecule has 28 nitrogen and oxygen atoms in total. The Bertz CT molecular complexity index is 2970. The highest BCUT2D eigenvalue weighted by molar-refractivity contribution is 7.88. The van der Waals surface area contributed by atoms with Crippen molar-refractivity contribution >= 4 is 81.8 Å². The molecule has 0 heterocycles. The Hall–Kier alpha value is -4.93. The summed E-state index contributed by atoms with van der Waals surface area (Å²) < 4.78 is 355. The van der Waals surface area contributed by atoms with Crippen molar-refractivity contribution in [2.24, 2.45) is 0 Å². The molecule has 0 aliphatic rings. The molecular weight excluding hydrogens is 1460 g/mol. The number of ether oxygens (including phenoxy) is 11. The van der Waals surface area contributed by atoms with E-state index < -0.39 is 141 Å². The van der Waals surface area contributed by atoms with Gasteiger partial charge in [-0.2, -0.15) is 80.5 Å². The van der Waals surface area contributed by atoms with Crippen LogP contribution in [0, 0.1) is 61.7 Å². The molecule has 538 valence electrons. The van der Waals surface area contributed by atoms with Crippen molar-refractivity contribution in [2.75, 3.05) is 154 Å². The number of alkyl halides is 4. The van der Waals surface area contributed by atoms with Gasteiger partial charge in [0.05, 0.1) is 59.5 Å². The fourth-order valence-electron chi connectivity index (χ4n) is 2.68. The number of halogens is 13. The molecule has 0 spiro atoms. The zero-order valence-electron chi connectivity index (χ0n) is 46.9. The number of hydrogen-bond donors (Lipinski definition) is 0. The zero-order chi connectivity index (χ0) is 73.2. The van der Waals surface area contributed by atoms with E-state index in [1.54, 1.807) is 6.08 Å². The van der Waals surface area contributed by atoms with Crippen molar-refractivity contribution in [2.45, 2.75) is 11.4 Å². The Balaban J connectivity index is -0.000000120. The van der Waals surface area contributed by atoms with Gasteiger partial charge in [-0.25, -0.2) is 4.39 Å². The molecule has 0 saturated heterocycles. The first-order chi connectivity index (χ1) is 41.5. The van der Waals surface area contributed by atoms with Crippen LogP contribution >= 0.6 is 0 Å². The van der Waals surface area contributed by atoms with E-state index in [0.717, 1.165) is 0 Å².